The maximum atomic E-state index is 12.3. The summed E-state index contributed by atoms with van der Waals surface area (Å²) in [6.45, 7) is 6.94. The van der Waals surface area contributed by atoms with Crippen molar-refractivity contribution in [1.29, 1.82) is 0 Å². The van der Waals surface area contributed by atoms with Crippen LogP contribution < -0.4 is 0 Å². The highest BCUT2D eigenvalue weighted by atomic mass is 32.1. The highest BCUT2D eigenvalue weighted by Crippen LogP contribution is 2.39. The molecule has 1 aliphatic carbocycles. The molecule has 24 heavy (non-hydrogen) atoms. The van der Waals surface area contributed by atoms with Crippen LogP contribution in [0.3, 0.4) is 0 Å². The second kappa shape index (κ2) is 6.69. The summed E-state index contributed by atoms with van der Waals surface area (Å²) in [6.07, 6.45) is 1.09. The molecule has 1 amide bonds. The fourth-order valence-electron chi connectivity index (χ4n) is 3.47. The van der Waals surface area contributed by atoms with E-state index in [0.29, 0.717) is 17.7 Å². The number of nitrogens with zero attached hydrogens (tertiary/aromatic N) is 2. The van der Waals surface area contributed by atoms with Crippen LogP contribution in [-0.4, -0.2) is 41.9 Å². The molecule has 2 aliphatic rings. The van der Waals surface area contributed by atoms with Crippen LogP contribution in [-0.2, 0) is 11.3 Å². The average molecular weight is 340 g/mol. The fourth-order valence-corrected chi connectivity index (χ4v) is 4.52. The van der Waals surface area contributed by atoms with E-state index in [-0.39, 0.29) is 0 Å². The van der Waals surface area contributed by atoms with E-state index in [9.17, 15) is 4.79 Å². The van der Waals surface area contributed by atoms with E-state index in [4.69, 9.17) is 0 Å². The van der Waals surface area contributed by atoms with Crippen molar-refractivity contribution >= 4 is 17.2 Å². The first-order chi connectivity index (χ1) is 11.7. The largest absolute Gasteiger partial charge is 0.340 e. The molecule has 0 unspecified atom stereocenters. The van der Waals surface area contributed by atoms with Gasteiger partial charge in [-0.15, -0.1) is 11.3 Å². The lowest BCUT2D eigenvalue weighted by Gasteiger charge is -2.34. The van der Waals surface area contributed by atoms with E-state index in [2.05, 4.69) is 59.2 Å². The standard InChI is InChI=1S/C20H24N2OS/c1-15-13-18(15)20(23)22-11-9-21(10-12-22)14-17-7-8-19(24-17)16-5-3-2-4-6-16/h2-8,15,18H,9-14H2,1H3/t15-,18-/m1/s1. The molecule has 0 N–H and O–H groups in total. The average Bonchev–Trinajstić information content (AvgIpc) is 3.17. The third kappa shape index (κ3) is 3.40. The minimum Gasteiger partial charge on any atom is -0.340 e. The summed E-state index contributed by atoms with van der Waals surface area (Å²) in [5, 5.41) is 0. The molecule has 1 saturated carbocycles. The van der Waals surface area contributed by atoms with Crippen LogP contribution in [0.5, 0.6) is 0 Å². The number of carbonyl (C=O) groups is 1. The van der Waals surface area contributed by atoms with Gasteiger partial charge in [-0.1, -0.05) is 37.3 Å². The van der Waals surface area contributed by atoms with E-state index in [1.165, 1.54) is 15.3 Å². The van der Waals surface area contributed by atoms with Gasteiger partial charge >= 0.3 is 0 Å². The molecule has 0 radical (unpaired) electrons. The molecule has 2 aromatic rings. The molecule has 0 bridgehead atoms. The summed E-state index contributed by atoms with van der Waals surface area (Å²) in [6, 6.07) is 15.0. The number of benzene rings is 1. The fraction of sp³-hybridized carbons (Fsp3) is 0.450. The van der Waals surface area contributed by atoms with Crippen molar-refractivity contribution in [3.63, 3.8) is 0 Å². The summed E-state index contributed by atoms with van der Waals surface area (Å²) in [5.41, 5.74) is 1.29. The highest BCUT2D eigenvalue weighted by Gasteiger charge is 2.41. The molecule has 4 rings (SSSR count). The predicted molar refractivity (Wildman–Crippen MR) is 98.9 cm³/mol. The van der Waals surface area contributed by atoms with E-state index in [1.807, 2.05) is 11.3 Å². The maximum Gasteiger partial charge on any atom is 0.226 e. The van der Waals surface area contributed by atoms with Gasteiger partial charge in [0.05, 0.1) is 0 Å². The predicted octanol–water partition coefficient (Wildman–Crippen LogP) is 3.72. The Balaban J connectivity index is 1.31. The normalized spacial score (nSPS) is 24.1. The summed E-state index contributed by atoms with van der Waals surface area (Å²) in [5.74, 6) is 1.32. The Morgan fingerprint density at radius 1 is 1.08 bits per heavy atom. The number of thiophene rings is 1. The van der Waals surface area contributed by atoms with Crippen LogP contribution in [0.1, 0.15) is 18.2 Å². The molecule has 3 nitrogen and oxygen atoms in total. The van der Waals surface area contributed by atoms with Crippen molar-refractivity contribution in [2.24, 2.45) is 11.8 Å². The first kappa shape index (κ1) is 15.9. The van der Waals surface area contributed by atoms with Gasteiger partial charge in [0.25, 0.3) is 0 Å². The molecule has 1 aromatic heterocycles. The monoisotopic (exact) mass is 340 g/mol. The smallest absolute Gasteiger partial charge is 0.226 e. The van der Waals surface area contributed by atoms with E-state index in [1.54, 1.807) is 0 Å². The quantitative estimate of drug-likeness (QED) is 0.847. The van der Waals surface area contributed by atoms with E-state index < -0.39 is 0 Å². The van der Waals surface area contributed by atoms with Crippen LogP contribution in [0.2, 0.25) is 0 Å². The topological polar surface area (TPSA) is 23.6 Å². The molecule has 2 fully saturated rings. The van der Waals surface area contributed by atoms with Crippen LogP contribution in [0.4, 0.5) is 0 Å². The zero-order valence-corrected chi connectivity index (χ0v) is 15.0. The van der Waals surface area contributed by atoms with Gasteiger partial charge in [-0.3, -0.25) is 9.69 Å². The zero-order chi connectivity index (χ0) is 16.5. The minimum atomic E-state index is 0.322. The molecular formula is C20H24N2OS. The number of carbonyl (C=O) groups excluding carboxylic acids is 1. The third-order valence-electron chi connectivity index (χ3n) is 5.21. The van der Waals surface area contributed by atoms with Gasteiger partial charge in [0, 0.05) is 48.4 Å². The van der Waals surface area contributed by atoms with Crippen LogP contribution in [0.15, 0.2) is 42.5 Å². The molecule has 2 atom stereocenters. The Bertz CT molecular complexity index is 703. The second-order valence-electron chi connectivity index (χ2n) is 7.05. The number of hydrogen-bond donors (Lipinski definition) is 0. The Morgan fingerprint density at radius 3 is 2.46 bits per heavy atom. The number of hydrogen-bond acceptors (Lipinski definition) is 3. The van der Waals surface area contributed by atoms with Crippen molar-refractivity contribution in [2.75, 3.05) is 26.2 Å². The lowest BCUT2D eigenvalue weighted by atomic mass is 10.2. The molecule has 1 aliphatic heterocycles. The van der Waals surface area contributed by atoms with Crippen molar-refractivity contribution < 1.29 is 4.79 Å². The molecule has 1 aromatic carbocycles. The second-order valence-corrected chi connectivity index (χ2v) is 8.22. The lowest BCUT2D eigenvalue weighted by Crippen LogP contribution is -2.48. The van der Waals surface area contributed by atoms with E-state index >= 15 is 0 Å². The van der Waals surface area contributed by atoms with Gasteiger partial charge in [0.1, 0.15) is 0 Å². The van der Waals surface area contributed by atoms with Crippen LogP contribution in [0.25, 0.3) is 10.4 Å². The molecular weight excluding hydrogens is 316 g/mol. The van der Waals surface area contributed by atoms with Crippen molar-refractivity contribution in [3.8, 4) is 10.4 Å². The molecule has 1 saturated heterocycles. The Morgan fingerprint density at radius 2 is 1.79 bits per heavy atom. The van der Waals surface area contributed by atoms with Gasteiger partial charge in [0.15, 0.2) is 0 Å². The van der Waals surface area contributed by atoms with Crippen molar-refractivity contribution in [1.82, 2.24) is 9.80 Å². The Labute approximate surface area is 147 Å². The van der Waals surface area contributed by atoms with Gasteiger partial charge < -0.3 is 4.90 Å². The van der Waals surface area contributed by atoms with Gasteiger partial charge in [0.2, 0.25) is 5.91 Å². The van der Waals surface area contributed by atoms with Gasteiger partial charge in [-0.05, 0) is 30.0 Å². The molecule has 0 spiro atoms. The third-order valence-corrected chi connectivity index (χ3v) is 6.33. The first-order valence-corrected chi connectivity index (χ1v) is 9.67. The summed E-state index contributed by atoms with van der Waals surface area (Å²) in [4.78, 5) is 19.6. The number of piperazine rings is 1. The van der Waals surface area contributed by atoms with E-state index in [0.717, 1.165) is 39.1 Å². The van der Waals surface area contributed by atoms with Crippen molar-refractivity contribution in [2.45, 2.75) is 19.9 Å². The summed E-state index contributed by atoms with van der Waals surface area (Å²) >= 11 is 1.88. The number of rotatable bonds is 4. The molecule has 4 heteroatoms. The van der Waals surface area contributed by atoms with Gasteiger partial charge in [-0.2, -0.15) is 0 Å². The number of amides is 1. The maximum absolute atomic E-state index is 12.3. The Kier molecular flexibility index (Phi) is 4.42. The van der Waals surface area contributed by atoms with Crippen molar-refractivity contribution in [3.05, 3.63) is 47.3 Å². The Hall–Kier alpha value is -1.65. The van der Waals surface area contributed by atoms with Crippen LogP contribution >= 0.6 is 11.3 Å². The summed E-state index contributed by atoms with van der Waals surface area (Å²) < 4.78 is 0. The summed E-state index contributed by atoms with van der Waals surface area (Å²) in [7, 11) is 0. The van der Waals surface area contributed by atoms with Crippen LogP contribution in [0, 0.1) is 11.8 Å². The highest BCUT2D eigenvalue weighted by molar-refractivity contribution is 7.15. The molecule has 126 valence electrons. The SMILES string of the molecule is C[C@@H]1C[C@H]1C(=O)N1CCN(Cc2ccc(-c3ccccc3)s2)CC1. The lowest BCUT2D eigenvalue weighted by molar-refractivity contribution is -0.134. The molecule has 2 heterocycles. The zero-order valence-electron chi connectivity index (χ0n) is 14.1. The van der Waals surface area contributed by atoms with Gasteiger partial charge in [-0.25, -0.2) is 0 Å². The minimum absolute atomic E-state index is 0.322. The first-order valence-electron chi connectivity index (χ1n) is 8.86.